The third-order valence-corrected chi connectivity index (χ3v) is 8.88. The van der Waals surface area contributed by atoms with Gasteiger partial charge in [0.1, 0.15) is 27.9 Å². The second-order valence-corrected chi connectivity index (χ2v) is 11.5. The number of carbonyl (C=O) groups excluding carboxylic acids is 2. The average molecular weight is 544 g/mol. The number of halogens is 2. The number of fused-ring (bicyclic) bond motifs is 1. The second kappa shape index (κ2) is 9.90. The van der Waals surface area contributed by atoms with Gasteiger partial charge >= 0.3 is 0 Å². The molecule has 1 aliphatic rings. The summed E-state index contributed by atoms with van der Waals surface area (Å²) in [6.07, 6.45) is 5.81. The van der Waals surface area contributed by atoms with Crippen LogP contribution in [-0.2, 0) is 19.4 Å². The summed E-state index contributed by atoms with van der Waals surface area (Å²) in [5, 5.41) is 2.85. The van der Waals surface area contributed by atoms with Crippen LogP contribution in [0.25, 0.3) is 21.3 Å². The molecule has 5 rings (SSSR count). The minimum Gasteiger partial charge on any atom is -0.352 e. The van der Waals surface area contributed by atoms with Crippen molar-refractivity contribution in [1.29, 1.82) is 0 Å². The van der Waals surface area contributed by atoms with Crippen LogP contribution in [-0.4, -0.2) is 47.8 Å². The minimum absolute atomic E-state index is 0.0470. The van der Waals surface area contributed by atoms with E-state index < -0.39 is 50.0 Å². The highest BCUT2D eigenvalue weighted by molar-refractivity contribution is 7.92. The lowest BCUT2D eigenvalue weighted by molar-refractivity contribution is -0.126. The van der Waals surface area contributed by atoms with Gasteiger partial charge in [0.25, 0.3) is 0 Å². The molecule has 190 valence electrons. The first-order chi connectivity index (χ1) is 17.7. The van der Waals surface area contributed by atoms with Crippen molar-refractivity contribution in [3.63, 3.8) is 0 Å². The summed E-state index contributed by atoms with van der Waals surface area (Å²) in [4.78, 5) is 36.6. The van der Waals surface area contributed by atoms with E-state index in [4.69, 9.17) is 0 Å². The van der Waals surface area contributed by atoms with Crippen LogP contribution in [0.15, 0.2) is 60.0 Å². The summed E-state index contributed by atoms with van der Waals surface area (Å²) in [5.41, 5.74) is 0.677. The van der Waals surface area contributed by atoms with Crippen molar-refractivity contribution in [3.8, 4) is 11.1 Å². The Morgan fingerprint density at radius 2 is 1.81 bits per heavy atom. The van der Waals surface area contributed by atoms with E-state index >= 15 is 0 Å². The molecule has 9 nitrogen and oxygen atoms in total. The highest BCUT2D eigenvalue weighted by Gasteiger charge is 2.40. The fourth-order valence-corrected chi connectivity index (χ4v) is 6.73. The monoisotopic (exact) mass is 543 g/mol. The number of nitrogens with one attached hydrogen (secondary N) is 2. The van der Waals surface area contributed by atoms with E-state index in [1.807, 2.05) is 0 Å². The number of nitrogens with zero attached hydrogens (tertiary/aromatic N) is 3. The Labute approximate surface area is 213 Å². The lowest BCUT2D eigenvalue weighted by atomic mass is 10.1. The molecule has 2 amide bonds. The number of carbonyl (C=O) groups is 2. The van der Waals surface area contributed by atoms with E-state index in [0.29, 0.717) is 10.3 Å². The molecule has 1 unspecified atom stereocenters. The molecule has 2 aromatic carbocycles. The van der Waals surface area contributed by atoms with Crippen molar-refractivity contribution < 1.29 is 26.8 Å². The molecule has 13 heteroatoms. The Kier molecular flexibility index (Phi) is 6.65. The summed E-state index contributed by atoms with van der Waals surface area (Å²) in [5.74, 6) is -3.21. The van der Waals surface area contributed by atoms with Crippen LogP contribution >= 0.6 is 11.3 Å². The summed E-state index contributed by atoms with van der Waals surface area (Å²) in [6.45, 7) is -0.462. The van der Waals surface area contributed by atoms with Crippen molar-refractivity contribution >= 4 is 43.2 Å². The van der Waals surface area contributed by atoms with Gasteiger partial charge < -0.3 is 10.6 Å². The van der Waals surface area contributed by atoms with Gasteiger partial charge in [-0.2, -0.15) is 0 Å². The highest BCUT2D eigenvalue weighted by atomic mass is 32.2. The van der Waals surface area contributed by atoms with Crippen LogP contribution < -0.4 is 10.6 Å². The minimum atomic E-state index is -4.65. The summed E-state index contributed by atoms with van der Waals surface area (Å²) in [6, 6.07) is 7.28. The van der Waals surface area contributed by atoms with E-state index in [1.54, 1.807) is 0 Å². The zero-order chi connectivity index (χ0) is 26.2. The number of aromatic nitrogens is 3. The number of thiazole rings is 1. The Morgan fingerprint density at radius 1 is 1.08 bits per heavy atom. The second-order valence-electron chi connectivity index (χ2n) is 8.39. The summed E-state index contributed by atoms with van der Waals surface area (Å²) < 4.78 is 56.9. The van der Waals surface area contributed by atoms with E-state index in [2.05, 4.69) is 25.6 Å². The fraction of sp³-hybridized carbons (Fsp3) is 0.208. The molecule has 0 radical (unpaired) electrons. The summed E-state index contributed by atoms with van der Waals surface area (Å²) in [7, 11) is -4.65. The molecule has 2 heterocycles. The molecule has 1 fully saturated rings. The van der Waals surface area contributed by atoms with Gasteiger partial charge in [-0.05, 0) is 31.0 Å². The molecule has 2 N–H and O–H groups in total. The maximum Gasteiger partial charge on any atom is 0.246 e. The zero-order valence-corrected chi connectivity index (χ0v) is 20.7. The predicted octanol–water partition coefficient (Wildman–Crippen LogP) is 2.94. The van der Waals surface area contributed by atoms with Crippen LogP contribution in [0.1, 0.15) is 23.1 Å². The Bertz CT molecular complexity index is 1610. The normalized spacial score (nSPS) is 14.3. The van der Waals surface area contributed by atoms with Gasteiger partial charge in [0.05, 0.1) is 16.8 Å². The van der Waals surface area contributed by atoms with Crippen LogP contribution in [0.3, 0.4) is 0 Å². The van der Waals surface area contributed by atoms with E-state index in [0.717, 1.165) is 42.4 Å². The lowest BCUT2D eigenvalue weighted by Crippen LogP contribution is -2.41. The first kappa shape index (κ1) is 24.8. The molecule has 0 saturated heterocycles. The van der Waals surface area contributed by atoms with Crippen LogP contribution in [0.5, 0.6) is 0 Å². The standard InChI is InChI=1S/C24H19F2N5O4S2/c25-16-3-1-2-4-20(16)37(34,35)22(23(33)29-11-21(32)30-14-5-6-14)24-31-18-8-17(26)15(7-19(18)36-24)13-9-27-12-28-10-13/h1-4,7-10,12,14,22H,5-6,11H2,(H,29,33)(H,30,32). The first-order valence-electron chi connectivity index (χ1n) is 11.1. The zero-order valence-electron chi connectivity index (χ0n) is 19.0. The van der Waals surface area contributed by atoms with Crippen molar-refractivity contribution in [3.05, 3.63) is 71.8 Å². The van der Waals surface area contributed by atoms with Crippen molar-refractivity contribution in [1.82, 2.24) is 25.6 Å². The SMILES string of the molecule is O=C(CNC(=O)C(c1nc2cc(F)c(-c3cncnc3)cc2s1)S(=O)(=O)c1ccccc1F)NC1CC1. The Balaban J connectivity index is 1.55. The molecule has 0 aliphatic heterocycles. The molecular weight excluding hydrogens is 524 g/mol. The molecule has 1 saturated carbocycles. The van der Waals surface area contributed by atoms with Crippen molar-refractivity contribution in [2.24, 2.45) is 0 Å². The van der Waals surface area contributed by atoms with Gasteiger partial charge in [0.2, 0.25) is 11.8 Å². The van der Waals surface area contributed by atoms with E-state index in [-0.39, 0.29) is 22.1 Å². The Morgan fingerprint density at radius 3 is 2.51 bits per heavy atom. The third-order valence-electron chi connectivity index (χ3n) is 5.65. The maximum atomic E-state index is 14.9. The third kappa shape index (κ3) is 5.18. The maximum absolute atomic E-state index is 14.9. The molecule has 0 bridgehead atoms. The molecule has 1 atom stereocenters. The van der Waals surface area contributed by atoms with Crippen molar-refractivity contribution in [2.75, 3.05) is 6.54 Å². The number of amides is 2. The smallest absolute Gasteiger partial charge is 0.246 e. The lowest BCUT2D eigenvalue weighted by Gasteiger charge is -2.16. The van der Waals surface area contributed by atoms with Gasteiger partial charge in [-0.15, -0.1) is 11.3 Å². The van der Waals surface area contributed by atoms with Crippen LogP contribution in [0.2, 0.25) is 0 Å². The molecule has 2 aromatic heterocycles. The van der Waals surface area contributed by atoms with Gasteiger partial charge in [-0.3, -0.25) is 9.59 Å². The van der Waals surface area contributed by atoms with E-state index in [9.17, 15) is 26.8 Å². The molecule has 0 spiro atoms. The largest absolute Gasteiger partial charge is 0.352 e. The fourth-order valence-electron chi connectivity index (χ4n) is 3.69. The average Bonchev–Trinajstić information content (AvgIpc) is 3.60. The van der Waals surface area contributed by atoms with Crippen molar-refractivity contribution in [2.45, 2.75) is 29.0 Å². The quantitative estimate of drug-likeness (QED) is 0.349. The molecule has 4 aromatic rings. The number of hydrogen-bond acceptors (Lipinski definition) is 8. The van der Waals surface area contributed by atoms with Crippen LogP contribution in [0, 0.1) is 11.6 Å². The number of benzene rings is 2. The predicted molar refractivity (Wildman–Crippen MR) is 131 cm³/mol. The number of hydrogen-bond donors (Lipinski definition) is 2. The topological polar surface area (TPSA) is 131 Å². The van der Waals surface area contributed by atoms with Gasteiger partial charge in [0.15, 0.2) is 15.1 Å². The molecule has 37 heavy (non-hydrogen) atoms. The van der Waals surface area contributed by atoms with E-state index in [1.165, 1.54) is 36.9 Å². The molecular formula is C24H19F2N5O4S2. The molecule has 1 aliphatic carbocycles. The van der Waals surface area contributed by atoms with Gasteiger partial charge in [-0.1, -0.05) is 12.1 Å². The highest BCUT2D eigenvalue weighted by Crippen LogP contribution is 2.37. The number of sulfone groups is 1. The first-order valence-corrected chi connectivity index (χ1v) is 13.5. The summed E-state index contributed by atoms with van der Waals surface area (Å²) >= 11 is 0.852. The van der Waals surface area contributed by atoms with Crippen LogP contribution in [0.4, 0.5) is 8.78 Å². The Hall–Kier alpha value is -3.84. The van der Waals surface area contributed by atoms with Gasteiger partial charge in [0, 0.05) is 35.6 Å². The van der Waals surface area contributed by atoms with Gasteiger partial charge in [-0.25, -0.2) is 32.2 Å². The number of rotatable bonds is 8.